The van der Waals surface area contributed by atoms with Crippen molar-refractivity contribution in [2.75, 3.05) is 39.6 Å². The van der Waals surface area contributed by atoms with Crippen LogP contribution in [-0.2, 0) is 14.2 Å². The summed E-state index contributed by atoms with van der Waals surface area (Å²) in [6, 6.07) is 0.465. The van der Waals surface area contributed by atoms with Gasteiger partial charge in [-0.2, -0.15) is 0 Å². The number of hydrogen-bond acceptors (Lipinski definition) is 4. The standard InChI is InChI=1S/C11H19NO3/c1-3-13-6-9(1)5-10-11(7-14-8-11)15-4-2-12-10/h9-10,12H,1-8H2. The molecule has 2 unspecified atom stereocenters. The molecule has 3 saturated heterocycles. The fourth-order valence-electron chi connectivity index (χ4n) is 2.76. The normalized spacial score (nSPS) is 39.2. The third-order valence-corrected chi connectivity index (χ3v) is 3.80. The molecule has 86 valence electrons. The van der Waals surface area contributed by atoms with E-state index in [2.05, 4.69) is 5.32 Å². The van der Waals surface area contributed by atoms with Gasteiger partial charge in [0, 0.05) is 25.8 Å². The molecular weight excluding hydrogens is 194 g/mol. The Hall–Kier alpha value is -0.160. The van der Waals surface area contributed by atoms with Crippen molar-refractivity contribution in [2.24, 2.45) is 5.92 Å². The van der Waals surface area contributed by atoms with Gasteiger partial charge in [0.1, 0.15) is 5.60 Å². The van der Waals surface area contributed by atoms with Crippen LogP contribution in [0.4, 0.5) is 0 Å². The summed E-state index contributed by atoms with van der Waals surface area (Å²) in [6.07, 6.45) is 2.37. The van der Waals surface area contributed by atoms with Gasteiger partial charge in [-0.1, -0.05) is 0 Å². The highest BCUT2D eigenvalue weighted by atomic mass is 16.6. The maximum Gasteiger partial charge on any atom is 0.130 e. The highest BCUT2D eigenvalue weighted by Gasteiger charge is 2.49. The summed E-state index contributed by atoms with van der Waals surface area (Å²) in [4.78, 5) is 0. The van der Waals surface area contributed by atoms with Gasteiger partial charge in [-0.3, -0.25) is 0 Å². The van der Waals surface area contributed by atoms with Crippen molar-refractivity contribution in [1.82, 2.24) is 5.32 Å². The van der Waals surface area contributed by atoms with E-state index in [1.54, 1.807) is 0 Å². The number of nitrogens with one attached hydrogen (secondary N) is 1. The van der Waals surface area contributed by atoms with Crippen LogP contribution in [0.3, 0.4) is 0 Å². The molecule has 15 heavy (non-hydrogen) atoms. The van der Waals surface area contributed by atoms with E-state index in [1.165, 1.54) is 12.8 Å². The Morgan fingerprint density at radius 3 is 2.80 bits per heavy atom. The maximum atomic E-state index is 5.90. The van der Waals surface area contributed by atoms with Crippen molar-refractivity contribution in [3.8, 4) is 0 Å². The molecule has 3 rings (SSSR count). The molecule has 2 atom stereocenters. The van der Waals surface area contributed by atoms with Crippen molar-refractivity contribution in [3.05, 3.63) is 0 Å². The minimum absolute atomic E-state index is 0.0131. The van der Waals surface area contributed by atoms with E-state index in [0.717, 1.165) is 39.6 Å². The number of morpholine rings is 1. The summed E-state index contributed by atoms with van der Waals surface area (Å²) in [5, 5.41) is 3.58. The average Bonchev–Trinajstić information content (AvgIpc) is 2.69. The van der Waals surface area contributed by atoms with Crippen molar-refractivity contribution >= 4 is 0 Å². The Morgan fingerprint density at radius 1 is 1.20 bits per heavy atom. The quantitative estimate of drug-likeness (QED) is 0.710. The Kier molecular flexibility index (Phi) is 2.68. The number of ether oxygens (including phenoxy) is 3. The van der Waals surface area contributed by atoms with E-state index in [-0.39, 0.29) is 5.60 Å². The van der Waals surface area contributed by atoms with Crippen molar-refractivity contribution in [1.29, 1.82) is 0 Å². The van der Waals surface area contributed by atoms with E-state index in [1.807, 2.05) is 0 Å². The van der Waals surface area contributed by atoms with Crippen LogP contribution in [0, 0.1) is 5.92 Å². The van der Waals surface area contributed by atoms with Gasteiger partial charge in [0.15, 0.2) is 0 Å². The third-order valence-electron chi connectivity index (χ3n) is 3.80. The van der Waals surface area contributed by atoms with Crippen LogP contribution in [0.15, 0.2) is 0 Å². The summed E-state index contributed by atoms with van der Waals surface area (Å²) < 4.78 is 16.6. The molecule has 1 N–H and O–H groups in total. The van der Waals surface area contributed by atoms with Gasteiger partial charge in [0.25, 0.3) is 0 Å². The largest absolute Gasteiger partial charge is 0.381 e. The van der Waals surface area contributed by atoms with Crippen LogP contribution in [0.2, 0.25) is 0 Å². The monoisotopic (exact) mass is 213 g/mol. The maximum absolute atomic E-state index is 5.90. The Morgan fingerprint density at radius 2 is 2.13 bits per heavy atom. The fraction of sp³-hybridized carbons (Fsp3) is 1.00. The molecular formula is C11H19NO3. The van der Waals surface area contributed by atoms with Gasteiger partial charge in [0.05, 0.1) is 19.8 Å². The van der Waals surface area contributed by atoms with Crippen LogP contribution >= 0.6 is 0 Å². The second-order valence-corrected chi connectivity index (χ2v) is 4.88. The lowest BCUT2D eigenvalue weighted by atomic mass is 9.84. The molecule has 0 radical (unpaired) electrons. The Labute approximate surface area is 90.3 Å². The van der Waals surface area contributed by atoms with Crippen LogP contribution in [-0.4, -0.2) is 51.2 Å². The zero-order valence-corrected chi connectivity index (χ0v) is 9.04. The first-order chi connectivity index (χ1) is 7.39. The molecule has 0 saturated carbocycles. The minimum atomic E-state index is -0.0131. The molecule has 0 amide bonds. The Balaban J connectivity index is 1.61. The molecule has 3 aliphatic rings. The predicted octanol–water partition coefficient (Wildman–Crippen LogP) is 0.170. The second-order valence-electron chi connectivity index (χ2n) is 4.88. The molecule has 0 bridgehead atoms. The molecule has 0 aromatic heterocycles. The van der Waals surface area contributed by atoms with Crippen molar-refractivity contribution in [3.63, 3.8) is 0 Å². The van der Waals surface area contributed by atoms with Gasteiger partial charge < -0.3 is 19.5 Å². The van der Waals surface area contributed by atoms with Gasteiger partial charge in [-0.05, 0) is 18.8 Å². The average molecular weight is 213 g/mol. The van der Waals surface area contributed by atoms with Crippen LogP contribution in [0.1, 0.15) is 12.8 Å². The molecule has 4 nitrogen and oxygen atoms in total. The summed E-state index contributed by atoms with van der Waals surface area (Å²) in [5.41, 5.74) is -0.0131. The highest BCUT2D eigenvalue weighted by Crippen LogP contribution is 2.33. The lowest BCUT2D eigenvalue weighted by Crippen LogP contribution is -2.68. The lowest BCUT2D eigenvalue weighted by Gasteiger charge is -2.50. The van der Waals surface area contributed by atoms with E-state index in [4.69, 9.17) is 14.2 Å². The summed E-state index contributed by atoms with van der Waals surface area (Å²) in [5.74, 6) is 0.710. The van der Waals surface area contributed by atoms with E-state index < -0.39 is 0 Å². The topological polar surface area (TPSA) is 39.7 Å². The molecule has 3 heterocycles. The number of hydrogen-bond donors (Lipinski definition) is 1. The third kappa shape index (κ3) is 1.80. The van der Waals surface area contributed by atoms with E-state index in [9.17, 15) is 0 Å². The minimum Gasteiger partial charge on any atom is -0.381 e. The first-order valence-electron chi connectivity index (χ1n) is 5.92. The molecule has 0 aromatic carbocycles. The van der Waals surface area contributed by atoms with Crippen LogP contribution in [0.25, 0.3) is 0 Å². The highest BCUT2D eigenvalue weighted by molar-refractivity contribution is 5.01. The van der Waals surface area contributed by atoms with E-state index in [0.29, 0.717) is 12.0 Å². The van der Waals surface area contributed by atoms with Gasteiger partial charge in [0.2, 0.25) is 0 Å². The van der Waals surface area contributed by atoms with Gasteiger partial charge in [-0.15, -0.1) is 0 Å². The van der Waals surface area contributed by atoms with Crippen molar-refractivity contribution < 1.29 is 14.2 Å². The second kappa shape index (κ2) is 4.01. The van der Waals surface area contributed by atoms with Gasteiger partial charge >= 0.3 is 0 Å². The molecule has 3 aliphatic heterocycles. The fourth-order valence-corrected chi connectivity index (χ4v) is 2.76. The summed E-state index contributed by atoms with van der Waals surface area (Å²) in [6.45, 7) is 5.17. The van der Waals surface area contributed by atoms with Crippen LogP contribution in [0.5, 0.6) is 0 Å². The molecule has 0 aromatic rings. The summed E-state index contributed by atoms with van der Waals surface area (Å²) in [7, 11) is 0. The SMILES string of the molecule is C1COC2(COC2)C(CC2CCOC2)N1. The first kappa shape index (κ1) is 10.0. The molecule has 0 aliphatic carbocycles. The predicted molar refractivity (Wildman–Crippen MR) is 54.8 cm³/mol. The van der Waals surface area contributed by atoms with Gasteiger partial charge in [-0.25, -0.2) is 0 Å². The van der Waals surface area contributed by atoms with Crippen molar-refractivity contribution in [2.45, 2.75) is 24.5 Å². The molecule has 3 fully saturated rings. The zero-order chi connectivity index (χ0) is 10.1. The Bertz CT molecular complexity index is 224. The lowest BCUT2D eigenvalue weighted by molar-refractivity contribution is -0.239. The summed E-state index contributed by atoms with van der Waals surface area (Å²) >= 11 is 0. The van der Waals surface area contributed by atoms with E-state index >= 15 is 0 Å². The number of rotatable bonds is 2. The molecule has 1 spiro atoms. The molecule has 4 heteroatoms. The smallest absolute Gasteiger partial charge is 0.130 e. The zero-order valence-electron chi connectivity index (χ0n) is 9.04. The first-order valence-corrected chi connectivity index (χ1v) is 5.92. The van der Waals surface area contributed by atoms with Crippen LogP contribution < -0.4 is 5.32 Å².